The Hall–Kier alpha value is -2.80. The van der Waals surface area contributed by atoms with Crippen LogP contribution in [-0.2, 0) is 4.79 Å². The van der Waals surface area contributed by atoms with E-state index in [0.717, 1.165) is 22.4 Å². The number of anilines is 1. The van der Waals surface area contributed by atoms with Crippen molar-refractivity contribution in [2.45, 2.75) is 19.0 Å². The maximum atomic E-state index is 12.1. The number of carbonyl (C=O) groups is 1. The number of benzene rings is 2. The number of rotatable bonds is 5. The lowest BCUT2D eigenvalue weighted by atomic mass is 10.1. The first kappa shape index (κ1) is 17.0. The number of H-pyrrole nitrogens is 1. The summed E-state index contributed by atoms with van der Waals surface area (Å²) in [5.41, 5.74) is 3.82. The lowest BCUT2D eigenvalue weighted by Crippen LogP contribution is -2.14. The summed E-state index contributed by atoms with van der Waals surface area (Å²) in [6.07, 6.45) is 0. The van der Waals surface area contributed by atoms with Crippen molar-refractivity contribution >= 4 is 23.4 Å². The quantitative estimate of drug-likeness (QED) is 0.610. The minimum absolute atomic E-state index is 0.106. The van der Waals surface area contributed by atoms with Gasteiger partial charge in [0.2, 0.25) is 11.1 Å². The van der Waals surface area contributed by atoms with Gasteiger partial charge in [0.05, 0.1) is 5.75 Å². The van der Waals surface area contributed by atoms with Gasteiger partial charge in [-0.2, -0.15) is 0 Å². The van der Waals surface area contributed by atoms with Crippen molar-refractivity contribution in [1.82, 2.24) is 15.2 Å². The van der Waals surface area contributed by atoms with Crippen LogP contribution in [0.15, 0.2) is 47.6 Å². The largest absolute Gasteiger partial charge is 0.508 e. The number of aryl methyl sites for hydroxylation is 2. The van der Waals surface area contributed by atoms with Crippen LogP contribution in [0.5, 0.6) is 5.75 Å². The molecule has 0 aliphatic rings. The molecule has 0 radical (unpaired) electrons. The van der Waals surface area contributed by atoms with Gasteiger partial charge < -0.3 is 10.4 Å². The van der Waals surface area contributed by atoms with Crippen LogP contribution in [0.25, 0.3) is 11.4 Å². The molecule has 3 aromatic rings. The van der Waals surface area contributed by atoms with Gasteiger partial charge in [-0.1, -0.05) is 17.8 Å². The number of nitrogens with zero attached hydrogens (tertiary/aromatic N) is 2. The second kappa shape index (κ2) is 7.40. The van der Waals surface area contributed by atoms with Crippen molar-refractivity contribution in [3.05, 3.63) is 53.6 Å². The van der Waals surface area contributed by atoms with E-state index in [1.54, 1.807) is 24.3 Å². The topological polar surface area (TPSA) is 90.9 Å². The lowest BCUT2D eigenvalue weighted by Gasteiger charge is -2.06. The van der Waals surface area contributed by atoms with Crippen LogP contribution >= 0.6 is 11.8 Å². The second-order valence-corrected chi connectivity index (χ2v) is 6.67. The summed E-state index contributed by atoms with van der Waals surface area (Å²) in [7, 11) is 0. The van der Waals surface area contributed by atoms with E-state index in [9.17, 15) is 9.90 Å². The molecule has 2 aromatic carbocycles. The van der Waals surface area contributed by atoms with Crippen LogP contribution in [-0.4, -0.2) is 31.9 Å². The summed E-state index contributed by atoms with van der Waals surface area (Å²) in [5, 5.41) is 19.6. The average Bonchev–Trinajstić information content (AvgIpc) is 3.01. The first-order chi connectivity index (χ1) is 12.0. The van der Waals surface area contributed by atoms with Gasteiger partial charge >= 0.3 is 0 Å². The summed E-state index contributed by atoms with van der Waals surface area (Å²) < 4.78 is 0. The van der Waals surface area contributed by atoms with Crippen LogP contribution in [0.1, 0.15) is 11.1 Å². The number of carbonyl (C=O) groups excluding carboxylic acids is 1. The summed E-state index contributed by atoms with van der Waals surface area (Å²) in [6.45, 7) is 3.99. The third-order valence-electron chi connectivity index (χ3n) is 3.44. The molecule has 0 unspecified atom stereocenters. The molecule has 0 saturated carbocycles. The van der Waals surface area contributed by atoms with Gasteiger partial charge in [0, 0.05) is 11.3 Å². The fraction of sp³-hybridized carbons (Fsp3) is 0.167. The molecule has 3 rings (SSSR count). The summed E-state index contributed by atoms with van der Waals surface area (Å²) in [4.78, 5) is 16.4. The van der Waals surface area contributed by atoms with Crippen LogP contribution in [0.2, 0.25) is 0 Å². The molecule has 1 amide bonds. The van der Waals surface area contributed by atoms with E-state index >= 15 is 0 Å². The van der Waals surface area contributed by atoms with Gasteiger partial charge in [-0.15, -0.1) is 5.10 Å². The van der Waals surface area contributed by atoms with Crippen molar-refractivity contribution in [2.24, 2.45) is 0 Å². The summed E-state index contributed by atoms with van der Waals surface area (Å²) in [5.74, 6) is 0.906. The highest BCUT2D eigenvalue weighted by Gasteiger charge is 2.09. The van der Waals surface area contributed by atoms with Gasteiger partial charge in [-0.3, -0.25) is 9.89 Å². The number of hydrogen-bond donors (Lipinski definition) is 3. The number of aromatic nitrogens is 3. The van der Waals surface area contributed by atoms with Crippen molar-refractivity contribution in [1.29, 1.82) is 0 Å². The van der Waals surface area contributed by atoms with Crippen LogP contribution < -0.4 is 5.32 Å². The standard InChI is InChI=1S/C18H18N4O2S/c1-11-7-12(2)9-14(8-11)19-16(24)10-25-18-20-17(21-22-18)13-3-5-15(23)6-4-13/h3-9,23H,10H2,1-2H3,(H,19,24)(H,20,21,22). The molecule has 1 aromatic heterocycles. The number of phenolic OH excluding ortho intramolecular Hbond substituents is 1. The zero-order chi connectivity index (χ0) is 17.8. The molecule has 0 aliphatic carbocycles. The molecule has 25 heavy (non-hydrogen) atoms. The highest BCUT2D eigenvalue weighted by Crippen LogP contribution is 2.21. The molecule has 6 nitrogen and oxygen atoms in total. The Morgan fingerprint density at radius 1 is 1.16 bits per heavy atom. The van der Waals surface area contributed by atoms with Gasteiger partial charge in [0.15, 0.2) is 5.82 Å². The summed E-state index contributed by atoms with van der Waals surface area (Å²) in [6, 6.07) is 12.6. The molecular formula is C18H18N4O2S. The van der Waals surface area contributed by atoms with Gasteiger partial charge in [-0.25, -0.2) is 4.98 Å². The van der Waals surface area contributed by atoms with E-state index in [2.05, 4.69) is 26.6 Å². The molecule has 128 valence electrons. The fourth-order valence-electron chi connectivity index (χ4n) is 2.43. The van der Waals surface area contributed by atoms with Crippen LogP contribution in [0, 0.1) is 13.8 Å². The van der Waals surface area contributed by atoms with Crippen molar-refractivity contribution in [3.63, 3.8) is 0 Å². The van der Waals surface area contributed by atoms with Crippen molar-refractivity contribution < 1.29 is 9.90 Å². The Bertz CT molecular complexity index is 870. The van der Waals surface area contributed by atoms with Crippen LogP contribution in [0.3, 0.4) is 0 Å². The molecule has 0 saturated heterocycles. The fourth-order valence-corrected chi connectivity index (χ4v) is 3.03. The van der Waals surface area contributed by atoms with E-state index in [4.69, 9.17) is 0 Å². The van der Waals surface area contributed by atoms with Crippen molar-refractivity contribution in [2.75, 3.05) is 11.1 Å². The van der Waals surface area contributed by atoms with Crippen LogP contribution in [0.4, 0.5) is 5.69 Å². The first-order valence-electron chi connectivity index (χ1n) is 7.72. The van der Waals surface area contributed by atoms with E-state index in [1.807, 2.05) is 26.0 Å². The minimum atomic E-state index is -0.106. The highest BCUT2D eigenvalue weighted by atomic mass is 32.2. The molecule has 0 spiro atoms. The molecule has 0 atom stereocenters. The van der Waals surface area contributed by atoms with E-state index < -0.39 is 0 Å². The predicted octanol–water partition coefficient (Wildman–Crippen LogP) is 3.52. The Kier molecular flexibility index (Phi) is 5.04. The number of aromatic amines is 1. The average molecular weight is 354 g/mol. The van der Waals surface area contributed by atoms with E-state index in [0.29, 0.717) is 11.0 Å². The van der Waals surface area contributed by atoms with E-state index in [-0.39, 0.29) is 17.4 Å². The Morgan fingerprint density at radius 3 is 2.52 bits per heavy atom. The Balaban J connectivity index is 1.58. The Morgan fingerprint density at radius 2 is 1.84 bits per heavy atom. The Labute approximate surface area is 149 Å². The third kappa shape index (κ3) is 4.60. The number of hydrogen-bond acceptors (Lipinski definition) is 5. The normalized spacial score (nSPS) is 10.6. The predicted molar refractivity (Wildman–Crippen MR) is 98.8 cm³/mol. The second-order valence-electron chi connectivity index (χ2n) is 5.73. The van der Waals surface area contributed by atoms with E-state index in [1.165, 1.54) is 11.8 Å². The van der Waals surface area contributed by atoms with Gasteiger partial charge in [0.1, 0.15) is 5.75 Å². The SMILES string of the molecule is Cc1cc(C)cc(NC(=O)CSc2n[nH]c(-c3ccc(O)cc3)n2)c1. The van der Waals surface area contributed by atoms with Gasteiger partial charge in [-0.05, 0) is 61.4 Å². The maximum Gasteiger partial charge on any atom is 0.234 e. The maximum absolute atomic E-state index is 12.1. The summed E-state index contributed by atoms with van der Waals surface area (Å²) >= 11 is 1.26. The number of phenols is 1. The molecule has 1 heterocycles. The highest BCUT2D eigenvalue weighted by molar-refractivity contribution is 7.99. The number of amides is 1. The molecule has 3 N–H and O–H groups in total. The zero-order valence-electron chi connectivity index (χ0n) is 13.9. The smallest absolute Gasteiger partial charge is 0.234 e. The minimum Gasteiger partial charge on any atom is -0.508 e. The number of nitrogens with one attached hydrogen (secondary N) is 2. The third-order valence-corrected chi connectivity index (χ3v) is 4.29. The number of thioether (sulfide) groups is 1. The van der Waals surface area contributed by atoms with Gasteiger partial charge in [0.25, 0.3) is 0 Å². The lowest BCUT2D eigenvalue weighted by molar-refractivity contribution is -0.113. The first-order valence-corrected chi connectivity index (χ1v) is 8.71. The molecular weight excluding hydrogens is 336 g/mol. The molecule has 0 bridgehead atoms. The molecule has 0 fully saturated rings. The zero-order valence-corrected chi connectivity index (χ0v) is 14.7. The monoisotopic (exact) mass is 354 g/mol. The number of aromatic hydroxyl groups is 1. The molecule has 0 aliphatic heterocycles. The molecule has 7 heteroatoms. The van der Waals surface area contributed by atoms with Crippen molar-refractivity contribution in [3.8, 4) is 17.1 Å².